The van der Waals surface area contributed by atoms with E-state index in [9.17, 15) is 9.59 Å². The van der Waals surface area contributed by atoms with Gasteiger partial charge in [-0.2, -0.15) is 0 Å². The number of methoxy groups -OCH3 is 2. The molecular formula is C18H20O4. The third kappa shape index (κ3) is 5.40. The van der Waals surface area contributed by atoms with E-state index >= 15 is 0 Å². The predicted molar refractivity (Wildman–Crippen MR) is 85.0 cm³/mol. The van der Waals surface area contributed by atoms with E-state index in [0.29, 0.717) is 11.1 Å². The van der Waals surface area contributed by atoms with Crippen LogP contribution in [0.25, 0.3) is 0 Å². The molecule has 0 saturated carbocycles. The summed E-state index contributed by atoms with van der Waals surface area (Å²) in [5.74, 6) is -0.567. The first-order valence-corrected chi connectivity index (χ1v) is 6.78. The van der Waals surface area contributed by atoms with Gasteiger partial charge in [0.2, 0.25) is 0 Å². The summed E-state index contributed by atoms with van der Waals surface area (Å²) in [7, 11) is 2.76. The van der Waals surface area contributed by atoms with Crippen molar-refractivity contribution < 1.29 is 19.1 Å². The average molecular weight is 300 g/mol. The summed E-state index contributed by atoms with van der Waals surface area (Å²) in [5, 5.41) is 0. The highest BCUT2D eigenvalue weighted by Gasteiger charge is 2.05. The summed E-state index contributed by atoms with van der Waals surface area (Å²) in [4.78, 5) is 21.9. The van der Waals surface area contributed by atoms with Gasteiger partial charge in [-0.3, -0.25) is 0 Å². The Hall–Kier alpha value is -2.62. The predicted octanol–water partition coefficient (Wildman–Crippen LogP) is 3.56. The Morgan fingerprint density at radius 2 is 1.18 bits per heavy atom. The lowest BCUT2D eigenvalue weighted by molar-refractivity contribution is 0.0592. The van der Waals surface area contributed by atoms with Gasteiger partial charge < -0.3 is 9.47 Å². The molecule has 4 nitrogen and oxygen atoms in total. The van der Waals surface area contributed by atoms with E-state index in [4.69, 9.17) is 0 Å². The van der Waals surface area contributed by atoms with Crippen LogP contribution in [-0.4, -0.2) is 26.2 Å². The molecular weight excluding hydrogens is 280 g/mol. The zero-order valence-electron chi connectivity index (χ0n) is 13.3. The van der Waals surface area contributed by atoms with Gasteiger partial charge in [-0.1, -0.05) is 35.4 Å². The Kier molecular flexibility index (Phi) is 6.83. The molecule has 0 aliphatic rings. The van der Waals surface area contributed by atoms with E-state index in [1.165, 1.54) is 14.2 Å². The summed E-state index contributed by atoms with van der Waals surface area (Å²) >= 11 is 0. The summed E-state index contributed by atoms with van der Waals surface area (Å²) < 4.78 is 9.10. The largest absolute Gasteiger partial charge is 0.465 e. The van der Waals surface area contributed by atoms with Crippen molar-refractivity contribution in [3.63, 3.8) is 0 Å². The molecule has 0 aromatic heterocycles. The normalized spacial score (nSPS) is 9.27. The highest BCUT2D eigenvalue weighted by Crippen LogP contribution is 2.09. The van der Waals surface area contributed by atoms with Crippen molar-refractivity contribution in [2.75, 3.05) is 14.2 Å². The second kappa shape index (κ2) is 8.62. The van der Waals surface area contributed by atoms with Crippen molar-refractivity contribution >= 4 is 11.9 Å². The Morgan fingerprint density at radius 3 is 1.64 bits per heavy atom. The second-order valence-electron chi connectivity index (χ2n) is 4.73. The van der Waals surface area contributed by atoms with E-state index < -0.39 is 0 Å². The van der Waals surface area contributed by atoms with Gasteiger partial charge in [0, 0.05) is 0 Å². The fourth-order valence-corrected chi connectivity index (χ4v) is 1.90. The van der Waals surface area contributed by atoms with Crippen LogP contribution >= 0.6 is 0 Å². The van der Waals surface area contributed by atoms with Crippen LogP contribution in [0.15, 0.2) is 48.5 Å². The Morgan fingerprint density at radius 1 is 0.727 bits per heavy atom. The summed E-state index contributed by atoms with van der Waals surface area (Å²) in [6.45, 7) is 3.92. The molecule has 22 heavy (non-hydrogen) atoms. The monoisotopic (exact) mass is 300 g/mol. The first-order valence-electron chi connectivity index (χ1n) is 6.78. The molecule has 2 aromatic rings. The first-order chi connectivity index (χ1) is 10.5. The molecule has 4 heteroatoms. The van der Waals surface area contributed by atoms with Gasteiger partial charge in [0.1, 0.15) is 0 Å². The number of hydrogen-bond acceptors (Lipinski definition) is 4. The summed E-state index contributed by atoms with van der Waals surface area (Å²) in [6, 6.07) is 14.5. The van der Waals surface area contributed by atoms with Crippen molar-refractivity contribution in [2.24, 2.45) is 0 Å². The lowest BCUT2D eigenvalue weighted by atomic mass is 10.1. The molecule has 0 saturated heterocycles. The van der Waals surface area contributed by atoms with Gasteiger partial charge in [0.25, 0.3) is 0 Å². The highest BCUT2D eigenvalue weighted by atomic mass is 16.5. The lowest BCUT2D eigenvalue weighted by Crippen LogP contribution is -2.01. The number of aryl methyl sites for hydroxylation is 2. The molecule has 0 aliphatic carbocycles. The molecule has 0 fully saturated rings. The van der Waals surface area contributed by atoms with E-state index in [2.05, 4.69) is 9.47 Å². The highest BCUT2D eigenvalue weighted by molar-refractivity contribution is 5.89. The van der Waals surface area contributed by atoms with Crippen molar-refractivity contribution in [3.8, 4) is 0 Å². The van der Waals surface area contributed by atoms with Crippen LogP contribution in [0.1, 0.15) is 31.8 Å². The van der Waals surface area contributed by atoms with Gasteiger partial charge in [-0.05, 0) is 38.1 Å². The average Bonchev–Trinajstić information content (AvgIpc) is 2.53. The first kappa shape index (κ1) is 17.4. The van der Waals surface area contributed by atoms with Crippen LogP contribution in [0.4, 0.5) is 0 Å². The zero-order chi connectivity index (χ0) is 16.5. The van der Waals surface area contributed by atoms with Crippen LogP contribution in [0.5, 0.6) is 0 Å². The molecule has 0 N–H and O–H groups in total. The maximum Gasteiger partial charge on any atom is 0.337 e. The molecule has 0 spiro atoms. The standard InChI is InChI=1S/C10H12O2.C8H8O2/c1-7-4-8(2)6-9(5-7)10(11)12-3;1-10-8(9)7-5-3-2-4-6-7/h4-6H,1-3H3;2-6H,1H3. The van der Waals surface area contributed by atoms with E-state index in [1.54, 1.807) is 24.3 Å². The number of esters is 2. The molecule has 0 unspecified atom stereocenters. The number of benzene rings is 2. The third-order valence-electron chi connectivity index (χ3n) is 2.84. The molecule has 0 atom stereocenters. The Balaban J connectivity index is 0.000000224. The Labute approximate surface area is 130 Å². The smallest absolute Gasteiger partial charge is 0.337 e. The van der Waals surface area contributed by atoms with Crippen LogP contribution < -0.4 is 0 Å². The maximum absolute atomic E-state index is 11.1. The number of carbonyl (C=O) groups is 2. The van der Waals surface area contributed by atoms with Crippen LogP contribution in [0.3, 0.4) is 0 Å². The topological polar surface area (TPSA) is 52.6 Å². The molecule has 0 heterocycles. The minimum atomic E-state index is -0.291. The van der Waals surface area contributed by atoms with E-state index in [0.717, 1.165) is 11.1 Å². The van der Waals surface area contributed by atoms with E-state index in [-0.39, 0.29) is 11.9 Å². The molecule has 116 valence electrons. The van der Waals surface area contributed by atoms with Crippen LogP contribution in [-0.2, 0) is 9.47 Å². The minimum Gasteiger partial charge on any atom is -0.465 e. The molecule has 2 aromatic carbocycles. The fraction of sp³-hybridized carbons (Fsp3) is 0.222. The van der Waals surface area contributed by atoms with Gasteiger partial charge >= 0.3 is 11.9 Å². The maximum atomic E-state index is 11.1. The molecule has 0 aliphatic heterocycles. The Bertz CT molecular complexity index is 613. The number of hydrogen-bond donors (Lipinski definition) is 0. The third-order valence-corrected chi connectivity index (χ3v) is 2.84. The number of rotatable bonds is 2. The van der Waals surface area contributed by atoms with Crippen LogP contribution in [0, 0.1) is 13.8 Å². The second-order valence-corrected chi connectivity index (χ2v) is 4.73. The summed E-state index contributed by atoms with van der Waals surface area (Å²) in [6.07, 6.45) is 0. The molecule has 2 rings (SSSR count). The zero-order valence-corrected chi connectivity index (χ0v) is 13.3. The molecule has 0 radical (unpaired) electrons. The number of carbonyl (C=O) groups excluding carboxylic acids is 2. The number of ether oxygens (including phenoxy) is 2. The van der Waals surface area contributed by atoms with Crippen LogP contribution in [0.2, 0.25) is 0 Å². The van der Waals surface area contributed by atoms with Gasteiger partial charge in [0.15, 0.2) is 0 Å². The van der Waals surface area contributed by atoms with E-state index in [1.807, 2.05) is 38.1 Å². The quantitative estimate of drug-likeness (QED) is 0.796. The van der Waals surface area contributed by atoms with Gasteiger partial charge in [-0.25, -0.2) is 9.59 Å². The van der Waals surface area contributed by atoms with Crippen molar-refractivity contribution in [2.45, 2.75) is 13.8 Å². The van der Waals surface area contributed by atoms with Crippen molar-refractivity contribution in [3.05, 3.63) is 70.8 Å². The summed E-state index contributed by atoms with van der Waals surface area (Å²) in [5.41, 5.74) is 3.37. The fourth-order valence-electron chi connectivity index (χ4n) is 1.90. The SMILES string of the molecule is COC(=O)c1cc(C)cc(C)c1.COC(=O)c1ccccc1. The minimum absolute atomic E-state index is 0.276. The van der Waals surface area contributed by atoms with Crippen molar-refractivity contribution in [1.82, 2.24) is 0 Å². The van der Waals surface area contributed by atoms with Gasteiger partial charge in [0.05, 0.1) is 25.3 Å². The molecule has 0 bridgehead atoms. The molecule has 0 amide bonds. The van der Waals surface area contributed by atoms with Crippen molar-refractivity contribution in [1.29, 1.82) is 0 Å². The lowest BCUT2D eigenvalue weighted by Gasteiger charge is -2.01. The van der Waals surface area contributed by atoms with Gasteiger partial charge in [-0.15, -0.1) is 0 Å².